The minimum Gasteiger partial charge on any atom is -0.486 e. The Morgan fingerprint density at radius 1 is 0.971 bits per heavy atom. The number of hydrogen-bond donors (Lipinski definition) is 1. The summed E-state index contributed by atoms with van der Waals surface area (Å²) in [6.45, 7) is 3.27. The van der Waals surface area contributed by atoms with E-state index in [0.29, 0.717) is 43.5 Å². The van der Waals surface area contributed by atoms with Crippen LogP contribution in [0.25, 0.3) is 0 Å². The molecule has 0 aromatic heterocycles. The van der Waals surface area contributed by atoms with E-state index in [-0.39, 0.29) is 10.5 Å². The number of benzene rings is 2. The second kappa shape index (κ2) is 10.4. The molecule has 0 spiro atoms. The number of rotatable bonds is 6. The maximum atomic E-state index is 13.0. The fourth-order valence-corrected chi connectivity index (χ4v) is 5.43. The summed E-state index contributed by atoms with van der Waals surface area (Å²) >= 11 is 0. The van der Waals surface area contributed by atoms with Crippen molar-refractivity contribution >= 4 is 27.6 Å². The lowest BCUT2D eigenvalue weighted by Gasteiger charge is -2.20. The third-order valence-corrected chi connectivity index (χ3v) is 7.63. The minimum absolute atomic E-state index is 0.0391. The van der Waals surface area contributed by atoms with Crippen molar-refractivity contribution in [2.45, 2.75) is 43.6 Å². The van der Waals surface area contributed by atoms with Crippen LogP contribution in [-0.4, -0.2) is 57.0 Å². The van der Waals surface area contributed by atoms with Crippen molar-refractivity contribution in [3.8, 4) is 11.5 Å². The van der Waals surface area contributed by atoms with Crippen molar-refractivity contribution < 1.29 is 32.2 Å². The number of nitrogens with zero attached hydrogens (tertiary/aromatic N) is 1. The van der Waals surface area contributed by atoms with Crippen molar-refractivity contribution in [1.29, 1.82) is 0 Å². The van der Waals surface area contributed by atoms with Crippen LogP contribution in [0.4, 0.5) is 5.69 Å². The third kappa shape index (κ3) is 5.51. The summed E-state index contributed by atoms with van der Waals surface area (Å²) in [6, 6.07) is 10.7. The normalized spacial score (nSPS) is 17.3. The van der Waals surface area contributed by atoms with Crippen LogP contribution in [0.2, 0.25) is 0 Å². The smallest absolute Gasteiger partial charge is 0.338 e. The van der Waals surface area contributed by atoms with E-state index in [1.807, 2.05) is 0 Å². The highest BCUT2D eigenvalue weighted by molar-refractivity contribution is 7.89. The highest BCUT2D eigenvalue weighted by Crippen LogP contribution is 2.32. The summed E-state index contributed by atoms with van der Waals surface area (Å²) in [7, 11) is -3.71. The van der Waals surface area contributed by atoms with E-state index in [1.165, 1.54) is 35.5 Å². The molecule has 2 heterocycles. The molecular weight excluding hydrogens is 460 g/mol. The van der Waals surface area contributed by atoms with Gasteiger partial charge >= 0.3 is 5.97 Å². The molecule has 1 atom stereocenters. The first-order valence-electron chi connectivity index (χ1n) is 11.4. The predicted molar refractivity (Wildman–Crippen MR) is 125 cm³/mol. The molecule has 9 nitrogen and oxygen atoms in total. The Balaban J connectivity index is 1.40. The molecule has 2 aliphatic rings. The van der Waals surface area contributed by atoms with Gasteiger partial charge in [-0.1, -0.05) is 18.9 Å². The van der Waals surface area contributed by atoms with Gasteiger partial charge in [-0.2, -0.15) is 4.31 Å². The van der Waals surface area contributed by atoms with E-state index >= 15 is 0 Å². The SMILES string of the molecule is CC(OC(=O)c1cccc(S(=O)(=O)N2CCCCCC2)c1)C(=O)Nc1ccc2c(c1)OCCO2. The topological polar surface area (TPSA) is 111 Å². The van der Waals surface area contributed by atoms with Crippen LogP contribution < -0.4 is 14.8 Å². The molecule has 34 heavy (non-hydrogen) atoms. The molecule has 4 rings (SSSR count). The first kappa shape index (κ1) is 24.0. The fraction of sp³-hybridized carbons (Fsp3) is 0.417. The van der Waals surface area contributed by atoms with Crippen LogP contribution in [0.1, 0.15) is 43.0 Å². The van der Waals surface area contributed by atoms with Gasteiger partial charge < -0.3 is 19.5 Å². The largest absolute Gasteiger partial charge is 0.486 e. The Labute approximate surface area is 199 Å². The summed E-state index contributed by atoms with van der Waals surface area (Å²) < 4.78 is 43.8. The van der Waals surface area contributed by atoms with E-state index in [1.54, 1.807) is 18.2 Å². The Hall–Kier alpha value is -3.11. The van der Waals surface area contributed by atoms with Crippen molar-refractivity contribution in [3.63, 3.8) is 0 Å². The Morgan fingerprint density at radius 2 is 1.68 bits per heavy atom. The molecule has 1 unspecified atom stereocenters. The maximum absolute atomic E-state index is 13.0. The average molecular weight is 489 g/mol. The van der Waals surface area contributed by atoms with E-state index < -0.39 is 28.0 Å². The van der Waals surface area contributed by atoms with Crippen molar-refractivity contribution in [3.05, 3.63) is 48.0 Å². The summed E-state index contributed by atoms with van der Waals surface area (Å²) in [4.78, 5) is 25.3. The quantitative estimate of drug-likeness (QED) is 0.622. The average Bonchev–Trinajstić information content (AvgIpc) is 3.14. The molecule has 0 bridgehead atoms. The number of carbonyl (C=O) groups is 2. The van der Waals surface area contributed by atoms with Crippen LogP contribution >= 0.6 is 0 Å². The lowest BCUT2D eigenvalue weighted by atomic mass is 10.2. The van der Waals surface area contributed by atoms with Gasteiger partial charge in [0, 0.05) is 24.8 Å². The molecule has 1 N–H and O–H groups in total. The van der Waals surface area contributed by atoms with Gasteiger partial charge in [-0.15, -0.1) is 0 Å². The monoisotopic (exact) mass is 488 g/mol. The zero-order valence-corrected chi connectivity index (χ0v) is 19.8. The number of fused-ring (bicyclic) bond motifs is 1. The Morgan fingerprint density at radius 3 is 2.41 bits per heavy atom. The number of nitrogens with one attached hydrogen (secondary N) is 1. The first-order valence-corrected chi connectivity index (χ1v) is 12.8. The third-order valence-electron chi connectivity index (χ3n) is 5.74. The number of ether oxygens (including phenoxy) is 3. The number of hydrogen-bond acceptors (Lipinski definition) is 7. The van der Waals surface area contributed by atoms with E-state index in [0.717, 1.165) is 25.7 Å². The number of carbonyl (C=O) groups excluding carboxylic acids is 2. The van der Waals surface area contributed by atoms with Gasteiger partial charge in [-0.3, -0.25) is 4.79 Å². The minimum atomic E-state index is -3.71. The van der Waals surface area contributed by atoms with E-state index in [2.05, 4.69) is 5.32 Å². The summed E-state index contributed by atoms with van der Waals surface area (Å²) in [5, 5.41) is 2.68. The Kier molecular flexibility index (Phi) is 7.38. The van der Waals surface area contributed by atoms with Crippen LogP contribution in [0, 0.1) is 0 Å². The molecule has 1 saturated heterocycles. The molecule has 0 saturated carbocycles. The van der Waals surface area contributed by atoms with Gasteiger partial charge in [0.25, 0.3) is 5.91 Å². The zero-order valence-electron chi connectivity index (χ0n) is 19.0. The molecule has 2 aromatic rings. The highest BCUT2D eigenvalue weighted by Gasteiger charge is 2.27. The van der Waals surface area contributed by atoms with E-state index in [4.69, 9.17) is 14.2 Å². The first-order chi connectivity index (χ1) is 16.3. The lowest BCUT2D eigenvalue weighted by Crippen LogP contribution is -2.32. The summed E-state index contributed by atoms with van der Waals surface area (Å²) in [5.74, 6) is -0.189. The van der Waals surface area contributed by atoms with Gasteiger partial charge in [-0.25, -0.2) is 13.2 Å². The van der Waals surface area contributed by atoms with Crippen LogP contribution in [0.15, 0.2) is 47.4 Å². The molecule has 1 fully saturated rings. The van der Waals surface area contributed by atoms with Crippen molar-refractivity contribution in [2.75, 3.05) is 31.6 Å². The summed E-state index contributed by atoms with van der Waals surface area (Å²) in [6.07, 6.45) is 2.54. The standard InChI is InChI=1S/C24H28N2O7S/c1-17(23(27)25-19-9-10-21-22(16-19)32-14-13-31-21)33-24(28)18-7-6-8-20(15-18)34(29,30)26-11-4-2-3-5-12-26/h6-10,15-17H,2-5,11-14H2,1H3,(H,25,27). The van der Waals surface area contributed by atoms with Gasteiger partial charge in [0.05, 0.1) is 10.5 Å². The molecule has 1 amide bonds. The maximum Gasteiger partial charge on any atom is 0.338 e. The van der Waals surface area contributed by atoms with Gasteiger partial charge in [-0.05, 0) is 50.1 Å². The molecule has 182 valence electrons. The van der Waals surface area contributed by atoms with Crippen LogP contribution in [0.5, 0.6) is 11.5 Å². The number of anilines is 1. The molecule has 10 heteroatoms. The fourth-order valence-electron chi connectivity index (χ4n) is 3.86. The van der Waals surface area contributed by atoms with Crippen molar-refractivity contribution in [2.24, 2.45) is 0 Å². The lowest BCUT2D eigenvalue weighted by molar-refractivity contribution is -0.123. The second-order valence-corrected chi connectivity index (χ2v) is 10.2. The van der Waals surface area contributed by atoms with Crippen LogP contribution in [0.3, 0.4) is 0 Å². The van der Waals surface area contributed by atoms with Crippen molar-refractivity contribution in [1.82, 2.24) is 4.31 Å². The Bertz CT molecular complexity index is 1160. The van der Waals surface area contributed by atoms with Gasteiger partial charge in [0.1, 0.15) is 13.2 Å². The predicted octanol–water partition coefficient (Wildman–Crippen LogP) is 3.21. The molecule has 2 aliphatic heterocycles. The molecule has 0 radical (unpaired) electrons. The number of esters is 1. The van der Waals surface area contributed by atoms with E-state index in [9.17, 15) is 18.0 Å². The highest BCUT2D eigenvalue weighted by atomic mass is 32.2. The molecule has 0 aliphatic carbocycles. The number of sulfonamides is 1. The number of amides is 1. The van der Waals surface area contributed by atoms with Gasteiger partial charge in [0.15, 0.2) is 17.6 Å². The molecule has 2 aromatic carbocycles. The second-order valence-electron chi connectivity index (χ2n) is 8.24. The zero-order chi connectivity index (χ0) is 24.1. The van der Waals surface area contributed by atoms with Crippen LogP contribution in [-0.2, 0) is 19.6 Å². The summed E-state index contributed by atoms with van der Waals surface area (Å²) in [5.41, 5.74) is 0.539. The van der Waals surface area contributed by atoms with Gasteiger partial charge in [0.2, 0.25) is 10.0 Å². The molecular formula is C24H28N2O7S.